The Morgan fingerprint density at radius 2 is 1.90 bits per heavy atom. The molecule has 0 saturated carbocycles. The van der Waals surface area contributed by atoms with Crippen molar-refractivity contribution in [3.63, 3.8) is 0 Å². The van der Waals surface area contributed by atoms with Crippen LogP contribution in [0.4, 0.5) is 5.82 Å². The van der Waals surface area contributed by atoms with Crippen molar-refractivity contribution in [2.75, 3.05) is 18.0 Å². The van der Waals surface area contributed by atoms with Crippen molar-refractivity contribution in [2.24, 2.45) is 0 Å². The highest BCUT2D eigenvalue weighted by Gasteiger charge is 2.12. The van der Waals surface area contributed by atoms with Crippen LogP contribution in [-0.2, 0) is 17.9 Å². The molecule has 2 aromatic heterocycles. The van der Waals surface area contributed by atoms with E-state index < -0.39 is 0 Å². The Morgan fingerprint density at radius 3 is 2.69 bits per heavy atom. The zero-order valence-electron chi connectivity index (χ0n) is 16.3. The van der Waals surface area contributed by atoms with Gasteiger partial charge < -0.3 is 10.2 Å². The molecule has 1 aliphatic heterocycles. The Kier molecular flexibility index (Phi) is 5.79. The fourth-order valence-corrected chi connectivity index (χ4v) is 3.50. The number of nitrogens with one attached hydrogen (secondary N) is 1. The molecule has 1 aliphatic rings. The van der Waals surface area contributed by atoms with Crippen LogP contribution >= 0.6 is 0 Å². The van der Waals surface area contributed by atoms with Gasteiger partial charge in [-0.1, -0.05) is 23.4 Å². The van der Waals surface area contributed by atoms with E-state index in [2.05, 4.69) is 25.5 Å². The van der Waals surface area contributed by atoms with Crippen LogP contribution in [0.5, 0.6) is 0 Å². The number of pyridine rings is 1. The minimum atomic E-state index is -0.235. The van der Waals surface area contributed by atoms with Crippen LogP contribution in [0, 0.1) is 0 Å². The fourth-order valence-electron chi connectivity index (χ4n) is 3.50. The van der Waals surface area contributed by atoms with Gasteiger partial charge in [-0.3, -0.25) is 9.59 Å². The van der Waals surface area contributed by atoms with Crippen molar-refractivity contribution in [3.8, 4) is 0 Å². The Labute approximate surface area is 168 Å². The van der Waals surface area contributed by atoms with E-state index in [1.54, 1.807) is 18.2 Å². The summed E-state index contributed by atoms with van der Waals surface area (Å²) < 4.78 is 1.23. The zero-order chi connectivity index (χ0) is 20.1. The number of aryl methyl sites for hydroxylation is 1. The number of nitrogens with zero attached hydrogens (tertiary/aromatic N) is 5. The first-order valence-corrected chi connectivity index (χ1v) is 10.00. The summed E-state index contributed by atoms with van der Waals surface area (Å²) in [5, 5.41) is 11.3. The van der Waals surface area contributed by atoms with E-state index >= 15 is 0 Å². The number of benzene rings is 1. The van der Waals surface area contributed by atoms with Crippen LogP contribution in [-0.4, -0.2) is 39.0 Å². The van der Waals surface area contributed by atoms with Crippen LogP contribution in [0.15, 0.2) is 47.4 Å². The van der Waals surface area contributed by atoms with E-state index in [-0.39, 0.29) is 24.4 Å². The summed E-state index contributed by atoms with van der Waals surface area (Å²) in [6.45, 7) is 2.71. The second-order valence-electron chi connectivity index (χ2n) is 7.23. The molecule has 3 heterocycles. The average molecular weight is 392 g/mol. The zero-order valence-corrected chi connectivity index (χ0v) is 16.3. The first-order chi connectivity index (χ1) is 14.2. The summed E-state index contributed by atoms with van der Waals surface area (Å²) in [5.41, 5.74) is 1.27. The summed E-state index contributed by atoms with van der Waals surface area (Å²) in [7, 11) is 0. The molecule has 0 atom stereocenters. The van der Waals surface area contributed by atoms with Gasteiger partial charge in [-0.15, -0.1) is 5.10 Å². The molecule has 0 bridgehead atoms. The molecule has 150 valence electrons. The highest BCUT2D eigenvalue weighted by Crippen LogP contribution is 2.17. The highest BCUT2D eigenvalue weighted by atomic mass is 16.2. The van der Waals surface area contributed by atoms with Crippen molar-refractivity contribution < 1.29 is 4.79 Å². The first kappa shape index (κ1) is 19.0. The molecule has 1 amide bonds. The smallest absolute Gasteiger partial charge is 0.277 e. The van der Waals surface area contributed by atoms with Crippen molar-refractivity contribution >= 4 is 22.6 Å². The Bertz CT molecular complexity index is 1040. The third-order valence-corrected chi connectivity index (χ3v) is 5.16. The standard InChI is InChI=1S/C21H24N6O2/c28-20(10-13-27-21(29)17-6-2-3-7-18(17)24-25-27)23-15-16-8-9-19(22-14-16)26-11-4-1-5-12-26/h2-3,6-9,14H,1,4-5,10-13,15H2,(H,23,28). The summed E-state index contributed by atoms with van der Waals surface area (Å²) in [5.74, 6) is 0.848. The molecule has 29 heavy (non-hydrogen) atoms. The molecular formula is C21H24N6O2. The van der Waals surface area contributed by atoms with E-state index in [0.29, 0.717) is 17.4 Å². The second-order valence-corrected chi connectivity index (χ2v) is 7.23. The first-order valence-electron chi connectivity index (χ1n) is 10.00. The number of fused-ring (bicyclic) bond motifs is 1. The van der Waals surface area contributed by atoms with Gasteiger partial charge in [0.25, 0.3) is 5.56 Å². The number of piperidine rings is 1. The van der Waals surface area contributed by atoms with Gasteiger partial charge in [0.15, 0.2) is 0 Å². The monoisotopic (exact) mass is 392 g/mol. The highest BCUT2D eigenvalue weighted by molar-refractivity contribution is 5.77. The number of aromatic nitrogens is 4. The molecule has 4 rings (SSSR count). The van der Waals surface area contributed by atoms with E-state index in [4.69, 9.17) is 0 Å². The third kappa shape index (κ3) is 4.59. The maximum absolute atomic E-state index is 12.4. The van der Waals surface area contributed by atoms with E-state index in [1.165, 1.54) is 23.9 Å². The summed E-state index contributed by atoms with van der Waals surface area (Å²) in [4.78, 5) is 31.4. The Hall–Kier alpha value is -3.29. The number of hydrogen-bond donors (Lipinski definition) is 1. The lowest BCUT2D eigenvalue weighted by atomic mass is 10.1. The third-order valence-electron chi connectivity index (χ3n) is 5.16. The molecule has 0 spiro atoms. The van der Waals surface area contributed by atoms with Gasteiger partial charge >= 0.3 is 0 Å². The van der Waals surface area contributed by atoms with Crippen LogP contribution in [0.25, 0.3) is 10.9 Å². The van der Waals surface area contributed by atoms with Gasteiger partial charge in [-0.25, -0.2) is 9.67 Å². The number of rotatable bonds is 6. The Morgan fingerprint density at radius 1 is 1.07 bits per heavy atom. The normalized spacial score (nSPS) is 14.1. The number of amides is 1. The number of carbonyl (C=O) groups is 1. The van der Waals surface area contributed by atoms with Gasteiger partial charge in [-0.2, -0.15) is 0 Å². The predicted octanol–water partition coefficient (Wildman–Crippen LogP) is 1.88. The SMILES string of the molecule is O=C(CCn1nnc2ccccc2c1=O)NCc1ccc(N2CCCCC2)nc1. The maximum atomic E-state index is 12.4. The molecule has 0 radical (unpaired) electrons. The van der Waals surface area contributed by atoms with Crippen LogP contribution in [0.1, 0.15) is 31.2 Å². The van der Waals surface area contributed by atoms with Crippen molar-refractivity contribution in [1.29, 1.82) is 0 Å². The molecule has 0 unspecified atom stereocenters. The minimum Gasteiger partial charge on any atom is -0.357 e. The van der Waals surface area contributed by atoms with E-state index in [1.807, 2.05) is 24.4 Å². The average Bonchev–Trinajstić information content (AvgIpc) is 2.78. The van der Waals surface area contributed by atoms with Gasteiger partial charge in [-0.05, 0) is 43.0 Å². The van der Waals surface area contributed by atoms with E-state index in [0.717, 1.165) is 24.5 Å². The quantitative estimate of drug-likeness (QED) is 0.689. The van der Waals surface area contributed by atoms with Crippen LogP contribution in [0.3, 0.4) is 0 Å². The summed E-state index contributed by atoms with van der Waals surface area (Å²) in [6, 6.07) is 11.1. The van der Waals surface area contributed by atoms with Crippen LogP contribution < -0.4 is 15.8 Å². The van der Waals surface area contributed by atoms with E-state index in [9.17, 15) is 9.59 Å². The summed E-state index contributed by atoms with van der Waals surface area (Å²) >= 11 is 0. The van der Waals surface area contributed by atoms with Gasteiger partial charge in [0.05, 0.1) is 11.9 Å². The summed E-state index contributed by atoms with van der Waals surface area (Å²) in [6.07, 6.45) is 5.68. The fraction of sp³-hybridized carbons (Fsp3) is 0.381. The molecule has 1 saturated heterocycles. The molecule has 1 N–H and O–H groups in total. The van der Waals surface area contributed by atoms with Gasteiger partial charge in [0.1, 0.15) is 11.3 Å². The maximum Gasteiger partial charge on any atom is 0.277 e. The van der Waals surface area contributed by atoms with Crippen molar-refractivity contribution in [2.45, 2.75) is 38.8 Å². The largest absolute Gasteiger partial charge is 0.357 e. The minimum absolute atomic E-state index is 0.146. The lowest BCUT2D eigenvalue weighted by Gasteiger charge is -2.27. The lowest BCUT2D eigenvalue weighted by molar-refractivity contribution is -0.121. The number of anilines is 1. The number of hydrogen-bond acceptors (Lipinski definition) is 6. The van der Waals surface area contributed by atoms with Crippen molar-refractivity contribution in [3.05, 3.63) is 58.5 Å². The van der Waals surface area contributed by atoms with Gasteiger partial charge in [0, 0.05) is 32.3 Å². The molecule has 8 heteroatoms. The van der Waals surface area contributed by atoms with Gasteiger partial charge in [0.2, 0.25) is 5.91 Å². The molecule has 1 aromatic carbocycles. The van der Waals surface area contributed by atoms with Crippen molar-refractivity contribution in [1.82, 2.24) is 25.3 Å². The number of carbonyl (C=O) groups excluding carboxylic acids is 1. The molecule has 1 fully saturated rings. The second kappa shape index (κ2) is 8.81. The molecule has 8 nitrogen and oxygen atoms in total. The molecule has 0 aliphatic carbocycles. The van der Waals surface area contributed by atoms with Crippen LogP contribution in [0.2, 0.25) is 0 Å². The lowest BCUT2D eigenvalue weighted by Crippen LogP contribution is -2.30. The molecular weight excluding hydrogens is 368 g/mol. The Balaban J connectivity index is 1.29. The molecule has 3 aromatic rings. The predicted molar refractivity (Wildman–Crippen MR) is 111 cm³/mol. The topological polar surface area (TPSA) is 93.0 Å².